The molecule has 4 heteroatoms. The van der Waals surface area contributed by atoms with Gasteiger partial charge in [-0.25, -0.2) is 0 Å². The minimum absolute atomic E-state index is 0.565. The van der Waals surface area contributed by atoms with Crippen LogP contribution in [-0.4, -0.2) is 16.6 Å². The maximum absolute atomic E-state index is 6.01. The molecule has 1 aromatic heterocycles. The van der Waals surface area contributed by atoms with Gasteiger partial charge in [-0.05, 0) is 45.7 Å². The molecule has 124 valence electrons. The van der Waals surface area contributed by atoms with Crippen molar-refractivity contribution < 1.29 is 9.47 Å². The molecule has 23 heavy (non-hydrogen) atoms. The van der Waals surface area contributed by atoms with E-state index in [0.29, 0.717) is 24.2 Å². The van der Waals surface area contributed by atoms with E-state index in [0.717, 1.165) is 29.7 Å². The van der Waals surface area contributed by atoms with Gasteiger partial charge in [-0.2, -0.15) is 9.97 Å². The maximum atomic E-state index is 6.01. The second-order valence-corrected chi connectivity index (χ2v) is 5.93. The molecule has 0 aliphatic heterocycles. The topological polar surface area (TPSA) is 44.2 Å². The highest BCUT2D eigenvalue weighted by atomic mass is 16.5. The van der Waals surface area contributed by atoms with Crippen LogP contribution in [0, 0.1) is 27.7 Å². The van der Waals surface area contributed by atoms with Crippen molar-refractivity contribution >= 4 is 0 Å². The van der Waals surface area contributed by atoms with Crippen LogP contribution in [0.15, 0.2) is 18.2 Å². The molecule has 2 aromatic rings. The molecule has 0 amide bonds. The molecule has 0 spiro atoms. The van der Waals surface area contributed by atoms with E-state index >= 15 is 0 Å². The molecule has 2 rings (SSSR count). The molecule has 0 N–H and O–H groups in total. The number of unbranched alkanes of at least 4 members (excludes halogenated alkanes) is 2. The monoisotopic (exact) mass is 314 g/mol. The molecule has 0 aliphatic carbocycles. The van der Waals surface area contributed by atoms with Crippen molar-refractivity contribution in [1.82, 2.24) is 9.97 Å². The first-order valence-corrected chi connectivity index (χ1v) is 8.24. The molecule has 0 radical (unpaired) electrons. The summed E-state index contributed by atoms with van der Waals surface area (Å²) in [6, 6.07) is 6.11. The zero-order valence-electron chi connectivity index (χ0n) is 14.8. The van der Waals surface area contributed by atoms with Crippen LogP contribution in [0.5, 0.6) is 17.5 Å². The summed E-state index contributed by atoms with van der Waals surface area (Å²) in [5.74, 6) is 2.65. The third kappa shape index (κ3) is 4.68. The fourth-order valence-electron chi connectivity index (χ4n) is 2.36. The van der Waals surface area contributed by atoms with Crippen LogP contribution in [0.25, 0.3) is 0 Å². The second kappa shape index (κ2) is 7.95. The highest BCUT2D eigenvalue weighted by Crippen LogP contribution is 2.30. The number of rotatable bonds is 7. The summed E-state index contributed by atoms with van der Waals surface area (Å²) in [6.45, 7) is 10.7. The Balaban J connectivity index is 2.19. The lowest BCUT2D eigenvalue weighted by Gasteiger charge is -2.14. The predicted octanol–water partition coefficient (Wildman–Crippen LogP) is 5.07. The Morgan fingerprint density at radius 2 is 1.70 bits per heavy atom. The Bertz CT molecular complexity index is 669. The van der Waals surface area contributed by atoms with Gasteiger partial charge in [0.05, 0.1) is 12.2 Å². The van der Waals surface area contributed by atoms with Gasteiger partial charge in [-0.15, -0.1) is 0 Å². The van der Waals surface area contributed by atoms with Gasteiger partial charge in [0, 0.05) is 0 Å². The van der Waals surface area contributed by atoms with Crippen LogP contribution >= 0.6 is 0 Å². The van der Waals surface area contributed by atoms with E-state index in [2.05, 4.69) is 29.9 Å². The van der Waals surface area contributed by atoms with Gasteiger partial charge in [-0.3, -0.25) is 0 Å². The Labute approximate surface area is 138 Å². The largest absolute Gasteiger partial charge is 0.477 e. The minimum Gasteiger partial charge on any atom is -0.477 e. The summed E-state index contributed by atoms with van der Waals surface area (Å²) in [7, 11) is 0. The lowest BCUT2D eigenvalue weighted by molar-refractivity contribution is 0.288. The molecule has 0 aliphatic rings. The average Bonchev–Trinajstić information content (AvgIpc) is 2.50. The van der Waals surface area contributed by atoms with Gasteiger partial charge >= 0.3 is 0 Å². The van der Waals surface area contributed by atoms with Crippen molar-refractivity contribution in [3.05, 3.63) is 40.7 Å². The summed E-state index contributed by atoms with van der Waals surface area (Å²) in [4.78, 5) is 8.82. The number of benzene rings is 1. The Hall–Kier alpha value is -2.10. The van der Waals surface area contributed by atoms with Crippen LogP contribution < -0.4 is 9.47 Å². The third-order valence-electron chi connectivity index (χ3n) is 3.69. The smallest absolute Gasteiger partial charge is 0.229 e. The first-order chi connectivity index (χ1) is 11.0. The van der Waals surface area contributed by atoms with E-state index in [4.69, 9.17) is 9.47 Å². The van der Waals surface area contributed by atoms with Gasteiger partial charge < -0.3 is 9.47 Å². The maximum Gasteiger partial charge on any atom is 0.229 e. The highest BCUT2D eigenvalue weighted by molar-refractivity contribution is 5.41. The van der Waals surface area contributed by atoms with E-state index in [1.54, 1.807) is 0 Å². The van der Waals surface area contributed by atoms with Gasteiger partial charge in [0.25, 0.3) is 0 Å². The summed E-state index contributed by atoms with van der Waals surface area (Å²) < 4.78 is 11.8. The number of hydrogen-bond donors (Lipinski definition) is 0. The minimum atomic E-state index is 0.565. The Kier molecular flexibility index (Phi) is 5.97. The molecule has 0 atom stereocenters. The summed E-state index contributed by atoms with van der Waals surface area (Å²) in [6.07, 6.45) is 3.37. The molecule has 4 nitrogen and oxygen atoms in total. The van der Waals surface area contributed by atoms with Gasteiger partial charge in [0.15, 0.2) is 0 Å². The summed E-state index contributed by atoms with van der Waals surface area (Å²) >= 11 is 0. The van der Waals surface area contributed by atoms with Crippen molar-refractivity contribution in [3.8, 4) is 17.5 Å². The standard InChI is InChI=1S/C19H26N2O2/c1-6-7-8-11-22-18-15(4)19(21-16(5)20-18)23-17-10-9-13(2)12-14(17)3/h9-10,12H,6-8,11H2,1-5H3. The van der Waals surface area contributed by atoms with Gasteiger partial charge in [0.2, 0.25) is 11.8 Å². The first-order valence-electron chi connectivity index (χ1n) is 8.24. The van der Waals surface area contributed by atoms with Crippen molar-refractivity contribution in [1.29, 1.82) is 0 Å². The lowest BCUT2D eigenvalue weighted by atomic mass is 10.1. The number of aryl methyl sites for hydroxylation is 3. The van der Waals surface area contributed by atoms with Crippen molar-refractivity contribution in [2.75, 3.05) is 6.61 Å². The number of aromatic nitrogens is 2. The van der Waals surface area contributed by atoms with E-state index in [1.807, 2.05) is 32.9 Å². The fourth-order valence-corrected chi connectivity index (χ4v) is 2.36. The molecule has 0 saturated carbocycles. The van der Waals surface area contributed by atoms with Crippen LogP contribution in [0.2, 0.25) is 0 Å². The van der Waals surface area contributed by atoms with Gasteiger partial charge in [0.1, 0.15) is 11.6 Å². The molecule has 0 fully saturated rings. The first kappa shape index (κ1) is 17.3. The Morgan fingerprint density at radius 3 is 2.39 bits per heavy atom. The van der Waals surface area contributed by atoms with E-state index in [1.165, 1.54) is 12.0 Å². The molecular weight excluding hydrogens is 288 g/mol. The van der Waals surface area contributed by atoms with Crippen molar-refractivity contribution in [2.45, 2.75) is 53.9 Å². The fraction of sp³-hybridized carbons (Fsp3) is 0.474. The van der Waals surface area contributed by atoms with Crippen LogP contribution in [-0.2, 0) is 0 Å². The molecule has 0 bridgehead atoms. The van der Waals surface area contributed by atoms with Crippen LogP contribution in [0.4, 0.5) is 0 Å². The molecule has 1 heterocycles. The lowest BCUT2D eigenvalue weighted by Crippen LogP contribution is -2.05. The van der Waals surface area contributed by atoms with E-state index in [9.17, 15) is 0 Å². The number of nitrogens with zero attached hydrogens (tertiary/aromatic N) is 2. The third-order valence-corrected chi connectivity index (χ3v) is 3.69. The normalized spacial score (nSPS) is 10.7. The summed E-state index contributed by atoms with van der Waals surface area (Å²) in [5.41, 5.74) is 3.14. The van der Waals surface area contributed by atoms with Crippen molar-refractivity contribution in [2.24, 2.45) is 0 Å². The molecular formula is C19H26N2O2. The van der Waals surface area contributed by atoms with Crippen molar-refractivity contribution in [3.63, 3.8) is 0 Å². The predicted molar refractivity (Wildman–Crippen MR) is 92.5 cm³/mol. The Morgan fingerprint density at radius 1 is 0.957 bits per heavy atom. The van der Waals surface area contributed by atoms with E-state index < -0.39 is 0 Å². The molecule has 0 saturated heterocycles. The molecule has 1 aromatic carbocycles. The quantitative estimate of drug-likeness (QED) is 0.669. The SMILES string of the molecule is CCCCCOc1nc(C)nc(Oc2ccc(C)cc2C)c1C. The van der Waals surface area contributed by atoms with Crippen LogP contribution in [0.3, 0.4) is 0 Å². The molecule has 0 unspecified atom stereocenters. The zero-order valence-corrected chi connectivity index (χ0v) is 14.8. The number of ether oxygens (including phenoxy) is 2. The average molecular weight is 314 g/mol. The van der Waals surface area contributed by atoms with Crippen LogP contribution in [0.1, 0.15) is 48.7 Å². The number of hydrogen-bond acceptors (Lipinski definition) is 4. The summed E-state index contributed by atoms with van der Waals surface area (Å²) in [5, 5.41) is 0. The van der Waals surface area contributed by atoms with Gasteiger partial charge in [-0.1, -0.05) is 37.5 Å². The van der Waals surface area contributed by atoms with E-state index in [-0.39, 0.29) is 0 Å². The second-order valence-electron chi connectivity index (χ2n) is 5.93. The highest BCUT2D eigenvalue weighted by Gasteiger charge is 2.13. The zero-order chi connectivity index (χ0) is 16.8.